The maximum absolute atomic E-state index is 12.6. The van der Waals surface area contributed by atoms with Gasteiger partial charge in [0.1, 0.15) is 0 Å². The van der Waals surface area contributed by atoms with Gasteiger partial charge in [0, 0.05) is 0 Å². The molecule has 0 saturated heterocycles. The summed E-state index contributed by atoms with van der Waals surface area (Å²) in [7, 11) is -3.52. The number of aryl methyl sites for hydroxylation is 3. The lowest BCUT2D eigenvalue weighted by Crippen LogP contribution is -2.14. The van der Waals surface area contributed by atoms with Gasteiger partial charge in [-0.3, -0.25) is 4.72 Å². The number of hydrogen-bond donors (Lipinski definition) is 1. The highest BCUT2D eigenvalue weighted by Crippen LogP contribution is 2.26. The molecule has 0 aromatic heterocycles. The van der Waals surface area contributed by atoms with Gasteiger partial charge in [0.15, 0.2) is 0 Å². The molecule has 0 radical (unpaired) electrons. The normalized spacial score (nSPS) is 14.0. The first-order chi connectivity index (χ1) is 10.1. The fraction of sp³-hybridized carbons (Fsp3) is 0.294. The zero-order valence-electron chi connectivity index (χ0n) is 12.1. The van der Waals surface area contributed by atoms with Crippen molar-refractivity contribution >= 4 is 15.7 Å². The maximum atomic E-state index is 12.6. The second-order valence-electron chi connectivity index (χ2n) is 5.40. The summed E-state index contributed by atoms with van der Waals surface area (Å²) in [4.78, 5) is 0.356. The molecule has 1 aliphatic rings. The van der Waals surface area contributed by atoms with Gasteiger partial charge in [0.25, 0.3) is 10.0 Å². The zero-order chi connectivity index (χ0) is 14.9. The molecule has 0 amide bonds. The van der Waals surface area contributed by atoms with Crippen molar-refractivity contribution in [3.05, 3.63) is 59.2 Å². The Labute approximate surface area is 126 Å². The van der Waals surface area contributed by atoms with Crippen molar-refractivity contribution in [2.45, 2.75) is 37.5 Å². The third-order valence-electron chi connectivity index (χ3n) is 4.02. The molecule has 1 aliphatic carbocycles. The monoisotopic (exact) mass is 301 g/mol. The Morgan fingerprint density at radius 1 is 1.05 bits per heavy atom. The molecule has 2 aromatic rings. The number of hydrogen-bond acceptors (Lipinski definition) is 2. The zero-order valence-corrected chi connectivity index (χ0v) is 12.9. The first-order valence-corrected chi connectivity index (χ1v) is 8.81. The molecule has 4 heteroatoms. The fourth-order valence-corrected chi connectivity index (χ4v) is 4.00. The Morgan fingerprint density at radius 2 is 1.81 bits per heavy atom. The third-order valence-corrected chi connectivity index (χ3v) is 5.39. The molecule has 0 heterocycles. The van der Waals surface area contributed by atoms with Gasteiger partial charge < -0.3 is 0 Å². The van der Waals surface area contributed by atoms with Crippen LogP contribution >= 0.6 is 0 Å². The van der Waals surface area contributed by atoms with Gasteiger partial charge in [-0.05, 0) is 60.6 Å². The van der Waals surface area contributed by atoms with Gasteiger partial charge in [-0.25, -0.2) is 8.42 Å². The molecule has 21 heavy (non-hydrogen) atoms. The lowest BCUT2D eigenvalue weighted by Gasteiger charge is -2.12. The highest BCUT2D eigenvalue weighted by Gasteiger charge is 2.19. The SMILES string of the molecule is CCc1ccccc1NS(=O)(=O)c1ccc2c(c1)CCC2. The topological polar surface area (TPSA) is 46.2 Å². The van der Waals surface area contributed by atoms with Gasteiger partial charge in [-0.1, -0.05) is 31.2 Å². The summed E-state index contributed by atoms with van der Waals surface area (Å²) in [5.41, 5.74) is 4.12. The van der Waals surface area contributed by atoms with Crippen LogP contribution in [0.1, 0.15) is 30.0 Å². The number of rotatable bonds is 4. The van der Waals surface area contributed by atoms with E-state index in [1.807, 2.05) is 43.3 Å². The molecule has 0 unspecified atom stereocenters. The van der Waals surface area contributed by atoms with Crippen molar-refractivity contribution in [2.24, 2.45) is 0 Å². The smallest absolute Gasteiger partial charge is 0.261 e. The van der Waals surface area contributed by atoms with Crippen LogP contribution in [0.3, 0.4) is 0 Å². The number of nitrogens with one attached hydrogen (secondary N) is 1. The Morgan fingerprint density at radius 3 is 2.62 bits per heavy atom. The average Bonchev–Trinajstić information content (AvgIpc) is 2.95. The number of benzene rings is 2. The van der Waals surface area contributed by atoms with E-state index in [0.717, 1.165) is 31.2 Å². The van der Waals surface area contributed by atoms with Crippen LogP contribution in [-0.4, -0.2) is 8.42 Å². The molecule has 3 nitrogen and oxygen atoms in total. The van der Waals surface area contributed by atoms with Crippen molar-refractivity contribution in [1.29, 1.82) is 0 Å². The number of anilines is 1. The van der Waals surface area contributed by atoms with Crippen LogP contribution in [0.15, 0.2) is 47.4 Å². The van der Waals surface area contributed by atoms with Gasteiger partial charge in [-0.15, -0.1) is 0 Å². The van der Waals surface area contributed by atoms with Crippen LogP contribution in [0.2, 0.25) is 0 Å². The average molecular weight is 301 g/mol. The second-order valence-corrected chi connectivity index (χ2v) is 7.08. The molecule has 2 aromatic carbocycles. The van der Waals surface area contributed by atoms with Gasteiger partial charge in [-0.2, -0.15) is 0 Å². The summed E-state index contributed by atoms with van der Waals surface area (Å²) in [6.07, 6.45) is 3.94. The Bertz CT molecular complexity index is 766. The van der Waals surface area contributed by atoms with Gasteiger partial charge in [0.2, 0.25) is 0 Å². The van der Waals surface area contributed by atoms with Crippen LogP contribution in [0.25, 0.3) is 0 Å². The molecule has 0 fully saturated rings. The van der Waals surface area contributed by atoms with Crippen molar-refractivity contribution in [3.8, 4) is 0 Å². The van der Waals surface area contributed by atoms with Gasteiger partial charge >= 0.3 is 0 Å². The summed E-state index contributed by atoms with van der Waals surface area (Å²) in [6, 6.07) is 13.0. The Balaban J connectivity index is 1.94. The standard InChI is InChI=1S/C17H19NO2S/c1-2-13-6-3-4-9-17(13)18-21(19,20)16-11-10-14-7-5-8-15(14)12-16/h3-4,6,9-12,18H,2,5,7-8H2,1H3. The molecular formula is C17H19NO2S. The summed E-state index contributed by atoms with van der Waals surface area (Å²) >= 11 is 0. The van der Waals surface area contributed by atoms with E-state index in [4.69, 9.17) is 0 Å². The maximum Gasteiger partial charge on any atom is 0.261 e. The quantitative estimate of drug-likeness (QED) is 0.939. The van der Waals surface area contributed by atoms with E-state index in [1.54, 1.807) is 6.07 Å². The number of sulfonamides is 1. The van der Waals surface area contributed by atoms with E-state index in [0.29, 0.717) is 10.6 Å². The van der Waals surface area contributed by atoms with Crippen LogP contribution in [-0.2, 0) is 29.3 Å². The first-order valence-electron chi connectivity index (χ1n) is 7.32. The van der Waals surface area contributed by atoms with E-state index in [9.17, 15) is 8.42 Å². The Kier molecular flexibility index (Phi) is 3.72. The molecule has 110 valence electrons. The fourth-order valence-electron chi connectivity index (χ4n) is 2.85. The van der Waals surface area contributed by atoms with Crippen molar-refractivity contribution in [1.82, 2.24) is 0 Å². The highest BCUT2D eigenvalue weighted by atomic mass is 32.2. The summed E-state index contributed by atoms with van der Waals surface area (Å²) < 4.78 is 27.8. The van der Waals surface area contributed by atoms with Crippen molar-refractivity contribution in [3.63, 3.8) is 0 Å². The molecule has 1 N–H and O–H groups in total. The highest BCUT2D eigenvalue weighted by molar-refractivity contribution is 7.92. The molecule has 0 spiro atoms. The largest absolute Gasteiger partial charge is 0.279 e. The molecule has 3 rings (SSSR count). The summed E-state index contributed by atoms with van der Waals surface area (Å²) in [5, 5.41) is 0. The van der Waals surface area contributed by atoms with Crippen LogP contribution in [0, 0.1) is 0 Å². The Hall–Kier alpha value is -1.81. The third kappa shape index (κ3) is 2.81. The van der Waals surface area contributed by atoms with Crippen LogP contribution in [0.5, 0.6) is 0 Å². The molecular weight excluding hydrogens is 282 g/mol. The lowest BCUT2D eigenvalue weighted by atomic mass is 10.1. The van der Waals surface area contributed by atoms with E-state index in [-0.39, 0.29) is 0 Å². The lowest BCUT2D eigenvalue weighted by molar-refractivity contribution is 0.601. The predicted molar refractivity (Wildman–Crippen MR) is 85.1 cm³/mol. The number of fused-ring (bicyclic) bond motifs is 1. The van der Waals surface area contributed by atoms with Crippen LogP contribution in [0.4, 0.5) is 5.69 Å². The minimum absolute atomic E-state index is 0.356. The van der Waals surface area contributed by atoms with Gasteiger partial charge in [0.05, 0.1) is 10.6 Å². The van der Waals surface area contributed by atoms with E-state index < -0.39 is 10.0 Å². The van der Waals surface area contributed by atoms with Crippen molar-refractivity contribution < 1.29 is 8.42 Å². The van der Waals surface area contributed by atoms with E-state index in [2.05, 4.69) is 4.72 Å². The first kappa shape index (κ1) is 14.1. The second kappa shape index (κ2) is 5.53. The summed E-state index contributed by atoms with van der Waals surface area (Å²) in [6.45, 7) is 2.02. The molecule has 0 saturated carbocycles. The van der Waals surface area contributed by atoms with Crippen molar-refractivity contribution in [2.75, 3.05) is 4.72 Å². The van der Waals surface area contributed by atoms with Crippen LogP contribution < -0.4 is 4.72 Å². The predicted octanol–water partition coefficient (Wildman–Crippen LogP) is 3.54. The molecule has 0 aliphatic heterocycles. The minimum atomic E-state index is -3.52. The van der Waals surface area contributed by atoms with E-state index >= 15 is 0 Å². The molecule has 0 bridgehead atoms. The number of para-hydroxylation sites is 1. The molecule has 0 atom stereocenters. The summed E-state index contributed by atoms with van der Waals surface area (Å²) in [5.74, 6) is 0. The minimum Gasteiger partial charge on any atom is -0.279 e. The van der Waals surface area contributed by atoms with E-state index in [1.165, 1.54) is 11.1 Å².